The zero-order valence-electron chi connectivity index (χ0n) is 22.8. The normalized spacial score (nSPS) is 16.1. The van der Waals surface area contributed by atoms with Gasteiger partial charge in [0.05, 0.1) is 14.7 Å². The standard InChI is InChI=1S/C29H45NO2Si2/c1-9-11-12-13-15-26-25(19-21-33(3,4)5)18-17-24(23-29(31)32-10-2)22-27(26)30-20-14-16-28(30)34(6,7)8/h14,16,20,22-23H,9-13,15,17-18H2,1-8H3/b24-23+. The van der Waals surface area contributed by atoms with Crippen molar-refractivity contribution in [3.63, 3.8) is 0 Å². The molecule has 0 radical (unpaired) electrons. The number of unbranched alkanes of at least 4 members (excludes halogenated alkanes) is 3. The lowest BCUT2D eigenvalue weighted by atomic mass is 9.97. The Morgan fingerprint density at radius 2 is 1.82 bits per heavy atom. The van der Waals surface area contributed by atoms with Crippen LogP contribution in [0.5, 0.6) is 0 Å². The van der Waals surface area contributed by atoms with Gasteiger partial charge >= 0.3 is 5.97 Å². The molecule has 186 valence electrons. The number of rotatable bonds is 9. The SMILES string of the molecule is CCCCCCC1=C(C#C[Si](C)(C)C)CC/C(=C\C(=O)OCC)C=C1n1cccc1[Si](C)(C)C. The molecule has 0 saturated carbocycles. The molecule has 1 aliphatic carbocycles. The molecule has 3 nitrogen and oxygen atoms in total. The van der Waals surface area contributed by atoms with Crippen LogP contribution in [0.25, 0.3) is 5.70 Å². The van der Waals surface area contributed by atoms with Crippen molar-refractivity contribution in [2.45, 2.75) is 98.1 Å². The number of hydrogen-bond donors (Lipinski definition) is 0. The average Bonchev–Trinajstić information content (AvgIpc) is 3.16. The van der Waals surface area contributed by atoms with Gasteiger partial charge in [-0.2, -0.15) is 0 Å². The van der Waals surface area contributed by atoms with Crippen molar-refractivity contribution in [3.8, 4) is 11.5 Å². The van der Waals surface area contributed by atoms with Crippen molar-refractivity contribution >= 4 is 33.1 Å². The summed E-state index contributed by atoms with van der Waals surface area (Å²) in [5.74, 6) is 3.39. The largest absolute Gasteiger partial charge is 0.463 e. The minimum absolute atomic E-state index is 0.257. The number of carbonyl (C=O) groups is 1. The van der Waals surface area contributed by atoms with Gasteiger partial charge in [0, 0.05) is 28.9 Å². The molecule has 0 fully saturated rings. The van der Waals surface area contributed by atoms with Crippen LogP contribution < -0.4 is 5.32 Å². The summed E-state index contributed by atoms with van der Waals surface area (Å²) in [7, 11) is -3.09. The number of hydrogen-bond acceptors (Lipinski definition) is 2. The average molecular weight is 496 g/mol. The molecule has 5 heteroatoms. The lowest BCUT2D eigenvalue weighted by Crippen LogP contribution is -2.42. The highest BCUT2D eigenvalue weighted by molar-refractivity contribution is 6.88. The highest BCUT2D eigenvalue weighted by atomic mass is 28.3. The lowest BCUT2D eigenvalue weighted by Gasteiger charge is -2.24. The Hall–Kier alpha value is -2.04. The summed E-state index contributed by atoms with van der Waals surface area (Å²) in [5.41, 5.74) is 8.48. The smallest absolute Gasteiger partial charge is 0.331 e. The molecule has 0 spiro atoms. The third-order valence-electron chi connectivity index (χ3n) is 5.89. The highest BCUT2D eigenvalue weighted by Gasteiger charge is 2.25. The number of ether oxygens (including phenoxy) is 1. The van der Waals surface area contributed by atoms with Gasteiger partial charge in [0.15, 0.2) is 0 Å². The number of carbonyl (C=O) groups excluding carboxylic acids is 1. The van der Waals surface area contributed by atoms with Gasteiger partial charge in [0.25, 0.3) is 0 Å². The summed E-state index contributed by atoms with van der Waals surface area (Å²) < 4.78 is 7.64. The fourth-order valence-corrected chi connectivity index (χ4v) is 6.22. The summed E-state index contributed by atoms with van der Waals surface area (Å²) in [6.07, 6.45) is 13.7. The minimum atomic E-state index is -1.58. The summed E-state index contributed by atoms with van der Waals surface area (Å²) >= 11 is 0. The van der Waals surface area contributed by atoms with Crippen LogP contribution in [0.1, 0.15) is 58.8 Å². The van der Waals surface area contributed by atoms with Crippen molar-refractivity contribution in [2.75, 3.05) is 6.61 Å². The monoisotopic (exact) mass is 495 g/mol. The van der Waals surface area contributed by atoms with Crippen LogP contribution in [0.2, 0.25) is 39.3 Å². The maximum atomic E-state index is 12.3. The second-order valence-electron chi connectivity index (χ2n) is 11.3. The molecule has 0 atom stereocenters. The predicted molar refractivity (Wildman–Crippen MR) is 153 cm³/mol. The van der Waals surface area contributed by atoms with Gasteiger partial charge < -0.3 is 9.30 Å². The van der Waals surface area contributed by atoms with Crippen LogP contribution in [0, 0.1) is 11.5 Å². The molecule has 1 aromatic heterocycles. The van der Waals surface area contributed by atoms with Gasteiger partial charge in [-0.25, -0.2) is 4.79 Å². The fourth-order valence-electron chi connectivity index (χ4n) is 4.18. The van der Waals surface area contributed by atoms with Gasteiger partial charge in [-0.05, 0) is 62.0 Å². The van der Waals surface area contributed by atoms with Crippen LogP contribution in [0.3, 0.4) is 0 Å². The molecule has 0 saturated heterocycles. The van der Waals surface area contributed by atoms with E-state index < -0.39 is 16.1 Å². The first kappa shape index (κ1) is 28.2. The van der Waals surface area contributed by atoms with Crippen LogP contribution in [-0.2, 0) is 9.53 Å². The summed E-state index contributed by atoms with van der Waals surface area (Å²) in [6.45, 7) is 18.6. The van der Waals surface area contributed by atoms with E-state index in [1.807, 2.05) is 6.92 Å². The molecule has 0 amide bonds. The number of aromatic nitrogens is 1. The van der Waals surface area contributed by atoms with E-state index in [1.165, 1.54) is 47.8 Å². The third-order valence-corrected chi connectivity index (χ3v) is 8.71. The number of allylic oxidation sites excluding steroid dienone is 5. The Morgan fingerprint density at radius 1 is 1.09 bits per heavy atom. The maximum absolute atomic E-state index is 12.3. The first-order chi connectivity index (χ1) is 16.0. The van der Waals surface area contributed by atoms with Crippen molar-refractivity contribution in [1.29, 1.82) is 0 Å². The van der Waals surface area contributed by atoms with Gasteiger partial charge in [-0.15, -0.1) is 5.54 Å². The molecule has 0 N–H and O–H groups in total. The Kier molecular flexibility index (Phi) is 10.5. The topological polar surface area (TPSA) is 31.2 Å². The van der Waals surface area contributed by atoms with Crippen LogP contribution in [0.4, 0.5) is 0 Å². The van der Waals surface area contributed by atoms with Gasteiger partial charge in [-0.3, -0.25) is 0 Å². The van der Waals surface area contributed by atoms with Crippen molar-refractivity contribution in [2.24, 2.45) is 0 Å². The van der Waals surface area contributed by atoms with Crippen molar-refractivity contribution < 1.29 is 9.53 Å². The molecule has 34 heavy (non-hydrogen) atoms. The number of esters is 1. The highest BCUT2D eigenvalue weighted by Crippen LogP contribution is 2.34. The Balaban J connectivity index is 2.70. The molecule has 0 aliphatic heterocycles. The van der Waals surface area contributed by atoms with E-state index in [0.29, 0.717) is 6.61 Å². The minimum Gasteiger partial charge on any atom is -0.463 e. The van der Waals surface area contributed by atoms with E-state index in [4.69, 9.17) is 4.74 Å². The van der Waals surface area contributed by atoms with E-state index in [0.717, 1.165) is 24.8 Å². The second-order valence-corrected chi connectivity index (χ2v) is 21.0. The van der Waals surface area contributed by atoms with E-state index in [1.54, 1.807) is 6.08 Å². The summed E-state index contributed by atoms with van der Waals surface area (Å²) in [6, 6.07) is 4.44. The summed E-state index contributed by atoms with van der Waals surface area (Å²) in [5, 5.41) is 1.40. The zero-order chi connectivity index (χ0) is 25.4. The van der Waals surface area contributed by atoms with Crippen LogP contribution in [-0.4, -0.2) is 33.3 Å². The molecule has 1 heterocycles. The van der Waals surface area contributed by atoms with Gasteiger partial charge in [0.1, 0.15) is 8.07 Å². The maximum Gasteiger partial charge on any atom is 0.331 e. The van der Waals surface area contributed by atoms with Crippen molar-refractivity contribution in [3.05, 3.63) is 47.2 Å². The van der Waals surface area contributed by atoms with E-state index in [9.17, 15) is 4.79 Å². The molecule has 0 bridgehead atoms. The van der Waals surface area contributed by atoms with Gasteiger partial charge in [-0.1, -0.05) is 71.4 Å². The number of nitrogens with zero attached hydrogens (tertiary/aromatic N) is 1. The van der Waals surface area contributed by atoms with Crippen LogP contribution >= 0.6 is 0 Å². The predicted octanol–water partition coefficient (Wildman–Crippen LogP) is 7.31. The molecule has 0 unspecified atom stereocenters. The third kappa shape index (κ3) is 8.63. The van der Waals surface area contributed by atoms with E-state index >= 15 is 0 Å². The zero-order valence-corrected chi connectivity index (χ0v) is 24.8. The first-order valence-electron chi connectivity index (χ1n) is 13.0. The molecule has 0 aromatic carbocycles. The van der Waals surface area contributed by atoms with Crippen LogP contribution in [0.15, 0.2) is 47.2 Å². The molecular formula is C29H45NO2Si2. The van der Waals surface area contributed by atoms with Crippen molar-refractivity contribution in [1.82, 2.24) is 4.57 Å². The second kappa shape index (κ2) is 12.6. The summed E-state index contributed by atoms with van der Waals surface area (Å²) in [4.78, 5) is 12.3. The quantitative estimate of drug-likeness (QED) is 0.118. The Labute approximate surface area is 210 Å². The molecule has 1 aromatic rings. The Morgan fingerprint density at radius 3 is 2.44 bits per heavy atom. The van der Waals surface area contributed by atoms with E-state index in [-0.39, 0.29) is 5.97 Å². The molecule has 1 aliphatic rings. The van der Waals surface area contributed by atoms with Gasteiger partial charge in [0.2, 0.25) is 0 Å². The fraction of sp³-hybridized carbons (Fsp3) is 0.552. The van der Waals surface area contributed by atoms with E-state index in [2.05, 4.69) is 86.6 Å². The molecule has 2 rings (SSSR count). The Bertz CT molecular complexity index is 1000. The lowest BCUT2D eigenvalue weighted by molar-refractivity contribution is -0.137. The first-order valence-corrected chi connectivity index (χ1v) is 20.0. The molecular weight excluding hydrogens is 450 g/mol.